The Balaban J connectivity index is 1.71. The number of carbonyl (C=O) groups excluding carboxylic acids is 1. The molecule has 146 valence electrons. The quantitative estimate of drug-likeness (QED) is 0.723. The highest BCUT2D eigenvalue weighted by Crippen LogP contribution is 2.41. The van der Waals surface area contributed by atoms with Crippen molar-refractivity contribution >= 4 is 17.0 Å². The second-order valence-corrected chi connectivity index (χ2v) is 8.69. The molecule has 0 bridgehead atoms. The zero-order chi connectivity index (χ0) is 19.0. The number of hydrogen-bond acceptors (Lipinski definition) is 4. The van der Waals surface area contributed by atoms with E-state index in [1.165, 1.54) is 32.1 Å². The van der Waals surface area contributed by atoms with Gasteiger partial charge in [-0.15, -0.1) is 0 Å². The Kier molecular flexibility index (Phi) is 5.20. The van der Waals surface area contributed by atoms with E-state index in [-0.39, 0.29) is 11.8 Å². The number of nitrogens with zero attached hydrogens (tertiary/aromatic N) is 3. The molecule has 0 atom stereocenters. The van der Waals surface area contributed by atoms with Gasteiger partial charge in [0.2, 0.25) is 0 Å². The topological polar surface area (TPSA) is 59.2 Å². The van der Waals surface area contributed by atoms with E-state index in [0.717, 1.165) is 48.0 Å². The van der Waals surface area contributed by atoms with Crippen LogP contribution in [0.3, 0.4) is 0 Å². The molecule has 5 heteroatoms. The van der Waals surface area contributed by atoms with Crippen molar-refractivity contribution in [2.24, 2.45) is 0 Å². The molecule has 4 rings (SSSR count). The van der Waals surface area contributed by atoms with Crippen LogP contribution in [0.1, 0.15) is 105 Å². The molecule has 2 aliphatic carbocycles. The smallest absolute Gasteiger partial charge is 0.259 e. The predicted octanol–water partition coefficient (Wildman–Crippen LogP) is 5.41. The Morgan fingerprint density at radius 1 is 1.11 bits per heavy atom. The van der Waals surface area contributed by atoms with Crippen molar-refractivity contribution in [1.29, 1.82) is 0 Å². The normalized spacial score (nSPS) is 19.3. The minimum absolute atomic E-state index is 0.0972. The molecule has 2 fully saturated rings. The van der Waals surface area contributed by atoms with Gasteiger partial charge in [0.15, 0.2) is 0 Å². The van der Waals surface area contributed by atoms with Crippen molar-refractivity contribution in [3.8, 4) is 0 Å². The van der Waals surface area contributed by atoms with Crippen molar-refractivity contribution in [1.82, 2.24) is 15.0 Å². The Labute approximate surface area is 161 Å². The molecule has 27 heavy (non-hydrogen) atoms. The summed E-state index contributed by atoms with van der Waals surface area (Å²) in [6.07, 6.45) is 10.8. The molecule has 2 heterocycles. The van der Waals surface area contributed by atoms with Gasteiger partial charge in [0, 0.05) is 24.7 Å². The van der Waals surface area contributed by atoms with Gasteiger partial charge in [-0.2, -0.15) is 0 Å². The second-order valence-electron chi connectivity index (χ2n) is 8.69. The average Bonchev–Trinajstić information content (AvgIpc) is 3.38. The van der Waals surface area contributed by atoms with Gasteiger partial charge in [-0.05, 0) is 37.7 Å². The van der Waals surface area contributed by atoms with Gasteiger partial charge in [-0.1, -0.05) is 51.1 Å². The largest absolute Gasteiger partial charge is 0.339 e. The summed E-state index contributed by atoms with van der Waals surface area (Å²) >= 11 is 0. The summed E-state index contributed by atoms with van der Waals surface area (Å²) in [5.74, 6) is 0.762. The predicted molar refractivity (Wildman–Crippen MR) is 106 cm³/mol. The molecule has 0 radical (unpaired) electrons. The summed E-state index contributed by atoms with van der Waals surface area (Å²) in [5.41, 5.74) is 3.09. The first-order valence-electron chi connectivity index (χ1n) is 10.6. The summed E-state index contributed by atoms with van der Waals surface area (Å²) in [5, 5.41) is 5.07. The zero-order valence-electron chi connectivity index (χ0n) is 16.8. The number of pyridine rings is 1. The maximum Gasteiger partial charge on any atom is 0.259 e. The van der Waals surface area contributed by atoms with Crippen molar-refractivity contribution in [3.05, 3.63) is 23.0 Å². The van der Waals surface area contributed by atoms with Crippen LogP contribution >= 0.6 is 0 Å². The van der Waals surface area contributed by atoms with E-state index < -0.39 is 0 Å². The van der Waals surface area contributed by atoms with Gasteiger partial charge in [-0.3, -0.25) is 4.79 Å². The third-order valence-corrected chi connectivity index (χ3v) is 6.21. The Morgan fingerprint density at radius 3 is 2.41 bits per heavy atom. The van der Waals surface area contributed by atoms with Gasteiger partial charge in [-0.25, -0.2) is 4.98 Å². The summed E-state index contributed by atoms with van der Waals surface area (Å²) < 4.78 is 5.55. The minimum Gasteiger partial charge on any atom is -0.339 e. The van der Waals surface area contributed by atoms with E-state index in [4.69, 9.17) is 4.52 Å². The van der Waals surface area contributed by atoms with E-state index in [9.17, 15) is 4.79 Å². The summed E-state index contributed by atoms with van der Waals surface area (Å²) in [6, 6.07) is 2.35. The van der Waals surface area contributed by atoms with E-state index in [0.29, 0.717) is 17.7 Å². The Hall–Kier alpha value is -1.91. The molecule has 2 aromatic rings. The lowest BCUT2D eigenvalue weighted by Gasteiger charge is -2.30. The lowest BCUT2D eigenvalue weighted by molar-refractivity contribution is 0.0708. The third kappa shape index (κ3) is 3.74. The molecule has 0 aliphatic heterocycles. The van der Waals surface area contributed by atoms with Crippen molar-refractivity contribution in [3.63, 3.8) is 0 Å². The molecule has 5 nitrogen and oxygen atoms in total. The Bertz CT molecular complexity index is 814. The minimum atomic E-state index is 0.0972. The zero-order valence-corrected chi connectivity index (χ0v) is 16.8. The highest BCUT2D eigenvalue weighted by molar-refractivity contribution is 6.06. The van der Waals surface area contributed by atoms with Gasteiger partial charge in [0.05, 0.1) is 16.6 Å². The van der Waals surface area contributed by atoms with Crippen LogP contribution < -0.4 is 0 Å². The van der Waals surface area contributed by atoms with Crippen LogP contribution in [-0.4, -0.2) is 34.0 Å². The summed E-state index contributed by atoms with van der Waals surface area (Å²) in [6.45, 7) is 4.16. The molecule has 0 saturated heterocycles. The van der Waals surface area contributed by atoms with Crippen molar-refractivity contribution < 1.29 is 9.32 Å². The van der Waals surface area contributed by atoms with Crippen LogP contribution in [0.15, 0.2) is 10.6 Å². The summed E-state index contributed by atoms with van der Waals surface area (Å²) in [7, 11) is 1.97. The van der Waals surface area contributed by atoms with Crippen LogP contribution in [0.5, 0.6) is 0 Å². The van der Waals surface area contributed by atoms with Crippen LogP contribution in [-0.2, 0) is 0 Å². The fraction of sp³-hybridized carbons (Fsp3) is 0.682. The lowest BCUT2D eigenvalue weighted by atomic mass is 9.95. The van der Waals surface area contributed by atoms with Gasteiger partial charge >= 0.3 is 0 Å². The van der Waals surface area contributed by atoms with Gasteiger partial charge in [0.1, 0.15) is 0 Å². The molecule has 2 aliphatic rings. The fourth-order valence-corrected chi connectivity index (χ4v) is 4.32. The first-order chi connectivity index (χ1) is 13.1. The fourth-order valence-electron chi connectivity index (χ4n) is 4.32. The standard InChI is InChI=1S/C22H31N3O2/c1-14(2)20-19-17(13-18(15-11-12-15)23-21(19)27-24-20)22(26)25(3)16-9-7-5-4-6-8-10-16/h13-16H,4-12H2,1-3H3. The molecule has 2 aromatic heterocycles. The number of aromatic nitrogens is 2. The second kappa shape index (κ2) is 7.61. The van der Waals surface area contributed by atoms with Gasteiger partial charge < -0.3 is 9.42 Å². The summed E-state index contributed by atoms with van der Waals surface area (Å²) in [4.78, 5) is 20.2. The lowest BCUT2D eigenvalue weighted by Crippen LogP contribution is -2.37. The number of hydrogen-bond donors (Lipinski definition) is 0. The highest BCUT2D eigenvalue weighted by atomic mass is 16.5. The van der Waals surface area contributed by atoms with Crippen LogP contribution in [0.4, 0.5) is 0 Å². The first-order valence-corrected chi connectivity index (χ1v) is 10.6. The number of amides is 1. The van der Waals surface area contributed by atoms with Crippen LogP contribution in [0.25, 0.3) is 11.1 Å². The number of carbonyl (C=O) groups is 1. The molecule has 0 N–H and O–H groups in total. The van der Waals surface area contributed by atoms with Crippen molar-refractivity contribution in [2.75, 3.05) is 7.05 Å². The van der Waals surface area contributed by atoms with Crippen LogP contribution in [0, 0.1) is 0 Å². The molecule has 0 spiro atoms. The van der Waals surface area contributed by atoms with Crippen LogP contribution in [0.2, 0.25) is 0 Å². The molecule has 1 amide bonds. The first kappa shape index (κ1) is 18.5. The number of rotatable bonds is 4. The van der Waals surface area contributed by atoms with E-state index >= 15 is 0 Å². The maximum atomic E-state index is 13.6. The molecule has 0 aromatic carbocycles. The monoisotopic (exact) mass is 369 g/mol. The molecular weight excluding hydrogens is 338 g/mol. The van der Waals surface area contributed by atoms with E-state index in [1.807, 2.05) is 18.0 Å². The molecule has 0 unspecified atom stereocenters. The maximum absolute atomic E-state index is 13.6. The third-order valence-electron chi connectivity index (χ3n) is 6.21. The SMILES string of the molecule is CC(C)c1noc2nc(C3CC3)cc(C(=O)N(C)C3CCCCCCC3)c12. The highest BCUT2D eigenvalue weighted by Gasteiger charge is 2.31. The Morgan fingerprint density at radius 2 is 1.78 bits per heavy atom. The van der Waals surface area contributed by atoms with E-state index in [1.54, 1.807) is 0 Å². The van der Waals surface area contributed by atoms with Crippen molar-refractivity contribution in [2.45, 2.75) is 89.5 Å². The van der Waals surface area contributed by atoms with Gasteiger partial charge in [0.25, 0.3) is 11.6 Å². The molecule has 2 saturated carbocycles. The number of fused-ring (bicyclic) bond motifs is 1. The average molecular weight is 370 g/mol. The van der Waals surface area contributed by atoms with E-state index in [2.05, 4.69) is 24.0 Å². The molecular formula is C22H31N3O2.